The van der Waals surface area contributed by atoms with E-state index in [2.05, 4.69) is 20.8 Å². The third kappa shape index (κ3) is 4.00. The molecule has 34 heavy (non-hydrogen) atoms. The zero-order valence-corrected chi connectivity index (χ0v) is 20.6. The lowest BCUT2D eigenvalue weighted by molar-refractivity contribution is 0.0165. The van der Waals surface area contributed by atoms with E-state index in [-0.39, 0.29) is 16.7 Å². The van der Waals surface area contributed by atoms with Crippen molar-refractivity contribution >= 4 is 21.6 Å². The largest absolute Gasteiger partial charge is 0.466 e. The van der Waals surface area contributed by atoms with E-state index in [4.69, 9.17) is 19.3 Å². The lowest BCUT2D eigenvalue weighted by Crippen LogP contribution is -2.36. The molecule has 1 aliphatic heterocycles. The minimum Gasteiger partial charge on any atom is -0.466 e. The van der Waals surface area contributed by atoms with Gasteiger partial charge < -0.3 is 19.5 Å². The van der Waals surface area contributed by atoms with Gasteiger partial charge in [-0.3, -0.25) is 0 Å². The van der Waals surface area contributed by atoms with Crippen molar-refractivity contribution in [2.45, 2.75) is 62.0 Å². The van der Waals surface area contributed by atoms with Crippen LogP contribution in [0.15, 0.2) is 21.5 Å². The van der Waals surface area contributed by atoms with Gasteiger partial charge in [-0.25, -0.2) is 18.8 Å². The summed E-state index contributed by atoms with van der Waals surface area (Å²) in [5.41, 5.74) is 4.88. The summed E-state index contributed by atoms with van der Waals surface area (Å²) in [6.45, 7) is 3.19. The molecule has 1 unspecified atom stereocenters. The van der Waals surface area contributed by atoms with Crippen LogP contribution in [0.1, 0.15) is 47.9 Å². The number of fused-ring (bicyclic) bond motifs is 3. The molecule has 3 N–H and O–H groups in total. The summed E-state index contributed by atoms with van der Waals surface area (Å²) < 4.78 is 35.5. The van der Waals surface area contributed by atoms with E-state index in [9.17, 15) is 9.00 Å². The summed E-state index contributed by atoms with van der Waals surface area (Å²) in [4.78, 5) is 13.2. The third-order valence-corrected chi connectivity index (χ3v) is 8.21. The normalized spacial score (nSPS) is 24.2. The number of nitrogens with one attached hydrogen (secondary N) is 1. The van der Waals surface area contributed by atoms with Crippen LogP contribution in [-0.2, 0) is 45.2 Å². The first-order chi connectivity index (χ1) is 16.2. The molecule has 0 saturated heterocycles. The first-order valence-corrected chi connectivity index (χ1v) is 13.1. The number of amides is 2. The fourth-order valence-electron chi connectivity index (χ4n) is 5.52. The number of nitrogens with zero attached hydrogens (tertiary/aromatic N) is 3. The Morgan fingerprint density at radius 2 is 2.18 bits per heavy atom. The van der Waals surface area contributed by atoms with Crippen LogP contribution in [0.2, 0.25) is 0 Å². The summed E-state index contributed by atoms with van der Waals surface area (Å²) in [6, 6.07) is 1.53. The van der Waals surface area contributed by atoms with Gasteiger partial charge in [0.05, 0.1) is 26.0 Å². The summed E-state index contributed by atoms with van der Waals surface area (Å²) in [5, 5.41) is 13.3. The van der Waals surface area contributed by atoms with Crippen molar-refractivity contribution < 1.29 is 23.2 Å². The number of hydrogen-bond donors (Lipinski definition) is 2. The molecule has 2 heterocycles. The molecule has 11 heteroatoms. The molecule has 0 bridgehead atoms. The number of aryl methyl sites for hydroxylation is 2. The molecule has 2 aliphatic carbocycles. The molecule has 1 aromatic heterocycles. The van der Waals surface area contributed by atoms with Crippen molar-refractivity contribution in [3.8, 4) is 5.88 Å². The highest BCUT2D eigenvalue weighted by atomic mass is 32.2. The van der Waals surface area contributed by atoms with Crippen molar-refractivity contribution in [2.75, 3.05) is 32.8 Å². The first-order valence-electron chi connectivity index (χ1n) is 11.5. The minimum absolute atomic E-state index is 0.100. The van der Waals surface area contributed by atoms with Gasteiger partial charge in [-0.2, -0.15) is 5.10 Å². The standard InChI is InChI=1S/C23H31N5O5S/c1-23(13-32-3)12-28-21(33-23)18(10-25-28)34(24,30)27-22(29)26-20-17-6-4-5-14(17)9-15-7-8-16(11-31-2)19(15)20/h9-10,16H,4-8,11-13H2,1-3H3,(H3,24,26,27,29,30)/t16-,23+,34?/m0/s1. The number of benzene rings is 1. The number of methoxy groups -OCH3 is 2. The van der Waals surface area contributed by atoms with Gasteiger partial charge >= 0.3 is 6.03 Å². The smallest absolute Gasteiger partial charge is 0.354 e. The van der Waals surface area contributed by atoms with Crippen LogP contribution in [0, 0.1) is 0 Å². The van der Waals surface area contributed by atoms with Gasteiger partial charge in [0.15, 0.2) is 15.5 Å². The van der Waals surface area contributed by atoms with E-state index in [0.29, 0.717) is 19.8 Å². The van der Waals surface area contributed by atoms with Gasteiger partial charge in [-0.15, -0.1) is 4.36 Å². The Hall–Kier alpha value is -2.47. The predicted molar refractivity (Wildman–Crippen MR) is 127 cm³/mol. The highest BCUT2D eigenvalue weighted by molar-refractivity contribution is 7.91. The lowest BCUT2D eigenvalue weighted by Gasteiger charge is -2.21. The zero-order valence-electron chi connectivity index (χ0n) is 19.8. The zero-order chi connectivity index (χ0) is 24.1. The molecule has 0 fully saturated rings. The topological polar surface area (TPSA) is 130 Å². The number of ether oxygens (including phenoxy) is 3. The second kappa shape index (κ2) is 8.63. The number of carbonyl (C=O) groups is 1. The minimum atomic E-state index is -3.59. The Labute approximate surface area is 199 Å². The Kier molecular flexibility index (Phi) is 5.91. The van der Waals surface area contributed by atoms with Gasteiger partial charge in [0, 0.05) is 25.8 Å². The van der Waals surface area contributed by atoms with E-state index in [1.165, 1.54) is 17.3 Å². The second-order valence-corrected chi connectivity index (χ2v) is 11.3. The molecule has 1 aromatic carbocycles. The van der Waals surface area contributed by atoms with Crippen molar-refractivity contribution in [1.82, 2.24) is 9.78 Å². The highest BCUT2D eigenvalue weighted by Gasteiger charge is 2.39. The molecule has 3 aliphatic rings. The van der Waals surface area contributed by atoms with Crippen LogP contribution in [-0.4, -0.2) is 53.1 Å². The van der Waals surface area contributed by atoms with Gasteiger partial charge in [-0.05, 0) is 61.3 Å². The maximum atomic E-state index is 13.4. The molecule has 0 radical (unpaired) electrons. The number of nitrogens with two attached hydrogens (primary N) is 1. The van der Waals surface area contributed by atoms with E-state index in [0.717, 1.165) is 48.9 Å². The molecule has 10 nitrogen and oxygen atoms in total. The van der Waals surface area contributed by atoms with Gasteiger partial charge in [0.1, 0.15) is 4.90 Å². The molecule has 2 aromatic rings. The number of hydrogen-bond acceptors (Lipinski definition) is 6. The maximum absolute atomic E-state index is 13.4. The van der Waals surface area contributed by atoms with E-state index in [1.54, 1.807) is 18.9 Å². The number of urea groups is 1. The third-order valence-electron chi connectivity index (χ3n) is 6.87. The van der Waals surface area contributed by atoms with Crippen molar-refractivity contribution in [3.63, 3.8) is 0 Å². The fourth-order valence-corrected chi connectivity index (χ4v) is 6.50. The summed E-state index contributed by atoms with van der Waals surface area (Å²) in [6.07, 6.45) is 6.20. The average Bonchev–Trinajstić information content (AvgIpc) is 3.51. The monoisotopic (exact) mass is 489 g/mol. The van der Waals surface area contributed by atoms with Crippen molar-refractivity contribution in [3.05, 3.63) is 34.5 Å². The van der Waals surface area contributed by atoms with Gasteiger partial charge in [0.2, 0.25) is 5.88 Å². The number of aromatic nitrogens is 2. The highest BCUT2D eigenvalue weighted by Crippen LogP contribution is 2.44. The molecule has 5 rings (SSSR count). The first kappa shape index (κ1) is 23.3. The van der Waals surface area contributed by atoms with Crippen molar-refractivity contribution in [1.29, 1.82) is 0 Å². The van der Waals surface area contributed by atoms with Crippen LogP contribution >= 0.6 is 0 Å². The lowest BCUT2D eigenvalue weighted by atomic mass is 9.94. The fraction of sp³-hybridized carbons (Fsp3) is 0.565. The molecule has 3 atom stereocenters. The molecule has 184 valence electrons. The summed E-state index contributed by atoms with van der Waals surface area (Å²) in [5.74, 6) is 0.458. The van der Waals surface area contributed by atoms with Gasteiger partial charge in [0.25, 0.3) is 0 Å². The molecular weight excluding hydrogens is 458 g/mol. The van der Waals surface area contributed by atoms with Crippen LogP contribution in [0.3, 0.4) is 0 Å². The van der Waals surface area contributed by atoms with Crippen LogP contribution in [0.25, 0.3) is 0 Å². The maximum Gasteiger partial charge on any atom is 0.354 e. The van der Waals surface area contributed by atoms with Crippen LogP contribution in [0.4, 0.5) is 10.5 Å². The van der Waals surface area contributed by atoms with Crippen LogP contribution < -0.4 is 15.2 Å². The summed E-state index contributed by atoms with van der Waals surface area (Å²) in [7, 11) is -0.322. The molecular formula is C23H31N5O5S. The van der Waals surface area contributed by atoms with E-state index < -0.39 is 21.5 Å². The summed E-state index contributed by atoms with van der Waals surface area (Å²) >= 11 is 0. The SMILES string of the molecule is COC[C@@H]1CCc2cc3c(c(NC(=O)N=S(N)(=O)c4cnn5c4O[C@@](C)(COC)C5)c21)CCC3. The number of anilines is 1. The molecule has 0 spiro atoms. The van der Waals surface area contributed by atoms with E-state index in [1.807, 2.05) is 6.92 Å². The Morgan fingerprint density at radius 3 is 2.94 bits per heavy atom. The second-order valence-electron chi connectivity index (χ2n) is 9.55. The van der Waals surface area contributed by atoms with Crippen molar-refractivity contribution in [2.24, 2.45) is 9.50 Å². The number of carbonyl (C=O) groups excluding carboxylic acids is 1. The quantitative estimate of drug-likeness (QED) is 0.642. The number of rotatable bonds is 6. The van der Waals surface area contributed by atoms with E-state index >= 15 is 0 Å². The Morgan fingerprint density at radius 1 is 1.35 bits per heavy atom. The molecule has 2 amide bonds. The predicted octanol–water partition coefficient (Wildman–Crippen LogP) is 2.78. The Balaban J connectivity index is 1.46. The van der Waals surface area contributed by atoms with Crippen LogP contribution in [0.5, 0.6) is 5.88 Å². The Bertz CT molecular complexity index is 1260. The van der Waals surface area contributed by atoms with Gasteiger partial charge in [-0.1, -0.05) is 6.07 Å². The average molecular weight is 490 g/mol. The molecule has 0 saturated carbocycles.